The molecular formula is C21H27N5O4S3. The van der Waals surface area contributed by atoms with Gasteiger partial charge in [-0.1, -0.05) is 11.8 Å². The first-order chi connectivity index (χ1) is 15.6. The van der Waals surface area contributed by atoms with Crippen LogP contribution in [0.4, 0.5) is 11.6 Å². The number of anilines is 2. The molecule has 0 aliphatic carbocycles. The maximum atomic E-state index is 11.3. The van der Waals surface area contributed by atoms with Gasteiger partial charge in [0, 0.05) is 22.8 Å². The Hall–Kier alpha value is -2.57. The molecule has 0 saturated heterocycles. The average Bonchev–Trinajstić information content (AvgIpc) is 3.11. The summed E-state index contributed by atoms with van der Waals surface area (Å²) in [5, 5.41) is 1.33. The van der Waals surface area contributed by atoms with Crippen molar-refractivity contribution in [1.29, 1.82) is 0 Å². The Labute approximate surface area is 201 Å². The normalized spacial score (nSPS) is 12.5. The molecule has 1 unspecified atom stereocenters. The van der Waals surface area contributed by atoms with Gasteiger partial charge in [0.1, 0.15) is 26.5 Å². The Bertz CT molecular complexity index is 1210. The largest absolute Gasteiger partial charge is 0.493 e. The highest BCUT2D eigenvalue weighted by Gasteiger charge is 2.19. The summed E-state index contributed by atoms with van der Waals surface area (Å²) in [5.41, 5.74) is 13.4. The second-order valence-corrected chi connectivity index (χ2v) is 12.2. The van der Waals surface area contributed by atoms with Gasteiger partial charge in [0.25, 0.3) is 0 Å². The number of nitrogen functional groups attached to an aromatic ring is 2. The summed E-state index contributed by atoms with van der Waals surface area (Å²) in [5.74, 6) is 1.85. The van der Waals surface area contributed by atoms with E-state index in [1.165, 1.54) is 24.1 Å². The SMILES string of the molecule is COc1ccc(-c2nc(C(C)Sc3nc(N)cc(N)n3)c(C)s2)cc1OCCCS(C)(=O)=O. The van der Waals surface area contributed by atoms with Gasteiger partial charge < -0.3 is 20.9 Å². The van der Waals surface area contributed by atoms with E-state index in [0.29, 0.717) is 34.7 Å². The molecule has 0 bridgehead atoms. The summed E-state index contributed by atoms with van der Waals surface area (Å²) in [4.78, 5) is 14.4. The predicted octanol–water partition coefficient (Wildman–Crippen LogP) is 3.75. The van der Waals surface area contributed by atoms with E-state index in [-0.39, 0.29) is 17.6 Å². The third-order valence-corrected chi connectivity index (χ3v) is 7.61. The van der Waals surface area contributed by atoms with Crippen LogP contribution >= 0.6 is 23.1 Å². The number of hydrogen-bond acceptors (Lipinski definition) is 11. The maximum Gasteiger partial charge on any atom is 0.192 e. The molecule has 33 heavy (non-hydrogen) atoms. The van der Waals surface area contributed by atoms with E-state index in [1.807, 2.05) is 32.0 Å². The molecule has 0 aliphatic heterocycles. The van der Waals surface area contributed by atoms with Crippen LogP contribution in [0.15, 0.2) is 29.4 Å². The lowest BCUT2D eigenvalue weighted by atomic mass is 10.2. The number of aromatic nitrogens is 3. The van der Waals surface area contributed by atoms with Crippen LogP contribution < -0.4 is 20.9 Å². The molecule has 0 radical (unpaired) electrons. The van der Waals surface area contributed by atoms with Crippen molar-refractivity contribution in [2.45, 2.75) is 30.7 Å². The second kappa shape index (κ2) is 10.6. The number of aryl methyl sites for hydroxylation is 1. The monoisotopic (exact) mass is 509 g/mol. The van der Waals surface area contributed by atoms with E-state index in [1.54, 1.807) is 18.4 Å². The molecule has 0 aliphatic rings. The van der Waals surface area contributed by atoms with E-state index in [0.717, 1.165) is 21.1 Å². The number of nitrogens with zero attached hydrogens (tertiary/aromatic N) is 3. The van der Waals surface area contributed by atoms with E-state index in [9.17, 15) is 8.42 Å². The summed E-state index contributed by atoms with van der Waals surface area (Å²) in [7, 11) is -1.46. The first-order valence-corrected chi connectivity index (χ1v) is 13.8. The van der Waals surface area contributed by atoms with Crippen LogP contribution in [0.25, 0.3) is 10.6 Å². The van der Waals surface area contributed by atoms with Crippen molar-refractivity contribution in [2.24, 2.45) is 0 Å². The molecule has 0 spiro atoms. The van der Waals surface area contributed by atoms with Crippen LogP contribution in [0, 0.1) is 6.92 Å². The highest BCUT2D eigenvalue weighted by molar-refractivity contribution is 7.99. The molecule has 2 aromatic heterocycles. The highest BCUT2D eigenvalue weighted by atomic mass is 32.2. The van der Waals surface area contributed by atoms with Gasteiger partial charge in [0.05, 0.1) is 30.4 Å². The van der Waals surface area contributed by atoms with Crippen molar-refractivity contribution in [3.05, 3.63) is 34.8 Å². The molecule has 4 N–H and O–H groups in total. The molecule has 0 saturated carbocycles. The van der Waals surface area contributed by atoms with Crippen LogP contribution in [0.1, 0.15) is 29.2 Å². The molecule has 3 rings (SSSR count). The van der Waals surface area contributed by atoms with Crippen molar-refractivity contribution >= 4 is 44.6 Å². The van der Waals surface area contributed by atoms with E-state index < -0.39 is 9.84 Å². The van der Waals surface area contributed by atoms with Crippen molar-refractivity contribution in [3.63, 3.8) is 0 Å². The summed E-state index contributed by atoms with van der Waals surface area (Å²) in [6.45, 7) is 4.32. The summed E-state index contributed by atoms with van der Waals surface area (Å²) in [6.07, 6.45) is 1.61. The van der Waals surface area contributed by atoms with Gasteiger partial charge in [-0.3, -0.25) is 0 Å². The van der Waals surface area contributed by atoms with Gasteiger partial charge >= 0.3 is 0 Å². The molecule has 0 amide bonds. The summed E-state index contributed by atoms with van der Waals surface area (Å²) < 4.78 is 33.9. The van der Waals surface area contributed by atoms with Gasteiger partial charge in [-0.25, -0.2) is 23.4 Å². The lowest BCUT2D eigenvalue weighted by molar-refractivity contribution is 0.295. The van der Waals surface area contributed by atoms with Crippen molar-refractivity contribution < 1.29 is 17.9 Å². The Kier molecular flexibility index (Phi) is 8.03. The second-order valence-electron chi connectivity index (χ2n) is 7.42. The van der Waals surface area contributed by atoms with Gasteiger partial charge in [0.2, 0.25) is 0 Å². The number of sulfone groups is 1. The molecule has 2 heterocycles. The summed E-state index contributed by atoms with van der Waals surface area (Å²) in [6, 6.07) is 7.12. The third kappa shape index (κ3) is 6.95. The molecule has 1 aromatic carbocycles. The van der Waals surface area contributed by atoms with E-state index in [4.69, 9.17) is 25.9 Å². The fourth-order valence-corrected chi connectivity index (χ4v) is 5.76. The topological polar surface area (TPSA) is 143 Å². The van der Waals surface area contributed by atoms with E-state index in [2.05, 4.69) is 9.97 Å². The fourth-order valence-electron chi connectivity index (χ4n) is 3.06. The van der Waals surface area contributed by atoms with Crippen molar-refractivity contribution in [3.8, 4) is 22.1 Å². The maximum absolute atomic E-state index is 11.3. The Balaban J connectivity index is 1.78. The fraction of sp³-hybridized carbons (Fsp3) is 0.381. The quantitative estimate of drug-likeness (QED) is 0.235. The molecule has 9 nitrogen and oxygen atoms in total. The standard InChI is InChI=1S/C21H27N5O4S3/c1-12-19(13(2)32-21-24-17(22)11-18(23)25-21)26-20(31-12)14-6-7-15(29-3)16(10-14)30-8-5-9-33(4,27)28/h6-7,10-11,13H,5,8-9H2,1-4H3,(H4,22,23,24,25). The summed E-state index contributed by atoms with van der Waals surface area (Å²) >= 11 is 3.02. The van der Waals surface area contributed by atoms with Gasteiger partial charge in [-0.2, -0.15) is 0 Å². The minimum Gasteiger partial charge on any atom is -0.493 e. The number of rotatable bonds is 10. The highest BCUT2D eigenvalue weighted by Crippen LogP contribution is 2.40. The number of thiazole rings is 1. The minimum absolute atomic E-state index is 0.0128. The molecule has 0 fully saturated rings. The van der Waals surface area contributed by atoms with Crippen LogP contribution in [-0.4, -0.2) is 49.1 Å². The van der Waals surface area contributed by atoms with E-state index >= 15 is 0 Å². The predicted molar refractivity (Wildman–Crippen MR) is 134 cm³/mol. The smallest absolute Gasteiger partial charge is 0.192 e. The molecular weight excluding hydrogens is 482 g/mol. The number of hydrogen-bond donors (Lipinski definition) is 2. The molecule has 1 atom stereocenters. The van der Waals surface area contributed by atoms with Crippen LogP contribution in [0.5, 0.6) is 11.5 Å². The number of benzene rings is 1. The third-order valence-electron chi connectivity index (χ3n) is 4.57. The zero-order chi connectivity index (χ0) is 24.2. The van der Waals surface area contributed by atoms with Gasteiger partial charge in [-0.05, 0) is 38.5 Å². The van der Waals surface area contributed by atoms with Gasteiger partial charge in [-0.15, -0.1) is 11.3 Å². The first kappa shape index (κ1) is 25.1. The number of nitrogens with two attached hydrogens (primary N) is 2. The van der Waals surface area contributed by atoms with Crippen LogP contribution in [0.3, 0.4) is 0 Å². The Morgan fingerprint density at radius 1 is 1.12 bits per heavy atom. The lowest BCUT2D eigenvalue weighted by Crippen LogP contribution is -2.08. The van der Waals surface area contributed by atoms with Crippen molar-refractivity contribution in [1.82, 2.24) is 15.0 Å². The zero-order valence-electron chi connectivity index (χ0n) is 18.9. The number of methoxy groups -OCH3 is 1. The van der Waals surface area contributed by atoms with Crippen molar-refractivity contribution in [2.75, 3.05) is 37.2 Å². The molecule has 3 aromatic rings. The first-order valence-electron chi connectivity index (χ1n) is 10.1. The lowest BCUT2D eigenvalue weighted by Gasteiger charge is -2.12. The zero-order valence-corrected chi connectivity index (χ0v) is 21.3. The Morgan fingerprint density at radius 3 is 2.45 bits per heavy atom. The van der Waals surface area contributed by atoms with Gasteiger partial charge in [0.15, 0.2) is 16.7 Å². The van der Waals surface area contributed by atoms with Crippen LogP contribution in [-0.2, 0) is 9.84 Å². The Morgan fingerprint density at radius 2 is 1.82 bits per heavy atom. The average molecular weight is 510 g/mol. The number of thioether (sulfide) groups is 1. The minimum atomic E-state index is -3.03. The molecule has 12 heteroatoms. The molecule has 178 valence electrons. The number of ether oxygens (including phenoxy) is 2. The van der Waals surface area contributed by atoms with Crippen LogP contribution in [0.2, 0.25) is 0 Å².